The second kappa shape index (κ2) is 11.6. The normalized spacial score (nSPS) is 13.8. The molecule has 1 aliphatic heterocycles. The summed E-state index contributed by atoms with van der Waals surface area (Å²) in [5.74, 6) is -2.42. The van der Waals surface area contributed by atoms with Crippen molar-refractivity contribution in [1.29, 1.82) is 0 Å². The number of anilines is 1. The van der Waals surface area contributed by atoms with Crippen molar-refractivity contribution in [3.05, 3.63) is 89.4 Å². The van der Waals surface area contributed by atoms with Crippen LogP contribution in [0.1, 0.15) is 11.3 Å². The van der Waals surface area contributed by atoms with Crippen LogP contribution in [0.25, 0.3) is 39.0 Å². The maximum absolute atomic E-state index is 16.2. The molecule has 2 aromatic carbocycles. The smallest absolute Gasteiger partial charge is 0.318 e. The Morgan fingerprint density at radius 1 is 1.02 bits per heavy atom. The van der Waals surface area contributed by atoms with E-state index >= 15 is 4.39 Å². The van der Waals surface area contributed by atoms with Crippen molar-refractivity contribution in [3.8, 4) is 29.6 Å². The van der Waals surface area contributed by atoms with Gasteiger partial charge >= 0.3 is 6.01 Å². The average Bonchev–Trinajstić information content (AvgIpc) is 3.05. The van der Waals surface area contributed by atoms with Gasteiger partial charge in [0.25, 0.3) is 5.91 Å². The number of ether oxygens (including phenoxy) is 1. The molecule has 0 saturated carbocycles. The summed E-state index contributed by atoms with van der Waals surface area (Å²) in [7, 11) is 1.33. The van der Waals surface area contributed by atoms with E-state index in [-0.39, 0.29) is 70.7 Å². The van der Waals surface area contributed by atoms with Crippen molar-refractivity contribution in [2.24, 2.45) is 0 Å². The van der Waals surface area contributed by atoms with Gasteiger partial charge in [0.05, 0.1) is 23.8 Å². The SMILES string of the molecule is C#Cc1c(F)c(F)cc2cccc(-c3ncc4c(N5CCN(C(=O)/C(F)=C/c6ccccn6)CC5)nc(OC)nc4c3F)c12. The van der Waals surface area contributed by atoms with Crippen LogP contribution in [0.15, 0.2) is 60.7 Å². The van der Waals surface area contributed by atoms with Gasteiger partial charge in [0.1, 0.15) is 17.0 Å². The van der Waals surface area contributed by atoms with E-state index < -0.39 is 29.2 Å². The van der Waals surface area contributed by atoms with Crippen molar-refractivity contribution in [3.63, 3.8) is 0 Å². The summed E-state index contributed by atoms with van der Waals surface area (Å²) in [6.07, 6.45) is 9.48. The molecular weight excluding hydrogens is 576 g/mol. The van der Waals surface area contributed by atoms with Crippen molar-refractivity contribution in [2.75, 3.05) is 38.2 Å². The van der Waals surface area contributed by atoms with E-state index in [4.69, 9.17) is 11.2 Å². The molecule has 6 rings (SSSR count). The van der Waals surface area contributed by atoms with Crippen molar-refractivity contribution in [1.82, 2.24) is 24.8 Å². The molecule has 0 radical (unpaired) electrons. The Balaban J connectivity index is 1.35. The number of aromatic nitrogens is 4. The van der Waals surface area contributed by atoms with Crippen molar-refractivity contribution < 1.29 is 27.1 Å². The first-order valence-electron chi connectivity index (χ1n) is 13.4. The third-order valence-corrected chi connectivity index (χ3v) is 7.32. The number of piperazine rings is 1. The zero-order valence-electron chi connectivity index (χ0n) is 23.2. The Bertz CT molecular complexity index is 2000. The lowest BCUT2D eigenvalue weighted by Gasteiger charge is -2.35. The molecule has 8 nitrogen and oxygen atoms in total. The first-order chi connectivity index (χ1) is 21.3. The summed E-state index contributed by atoms with van der Waals surface area (Å²) in [5, 5.41) is 0.657. The number of rotatable bonds is 5. The highest BCUT2D eigenvalue weighted by molar-refractivity contribution is 6.02. The molecule has 5 aromatic rings. The quantitative estimate of drug-likeness (QED) is 0.154. The predicted octanol–water partition coefficient (Wildman–Crippen LogP) is 5.31. The standard InChI is InChI=1S/C32H22F4N6O2/c1-3-20-25-18(15-23(33)26(20)35)7-6-9-21(25)28-27(36)29-22(17-38-28)30(40-32(39-29)44-2)41-11-13-42(14-12-41)31(43)24(34)16-19-8-4-5-10-37-19/h1,4-10,15-17H,11-14H2,2H3/b24-16-. The van der Waals surface area contributed by atoms with Gasteiger partial charge in [-0.05, 0) is 23.6 Å². The number of terminal acetylenes is 1. The molecule has 1 amide bonds. The molecular formula is C32H22F4N6O2. The first-order valence-corrected chi connectivity index (χ1v) is 13.4. The number of benzene rings is 2. The highest BCUT2D eigenvalue weighted by Gasteiger charge is 2.28. The zero-order chi connectivity index (χ0) is 31.0. The fraction of sp³-hybridized carbons (Fsp3) is 0.156. The predicted molar refractivity (Wildman–Crippen MR) is 157 cm³/mol. The summed E-state index contributed by atoms with van der Waals surface area (Å²) in [5.41, 5.74) is -0.177. The van der Waals surface area contributed by atoms with E-state index in [0.717, 1.165) is 12.1 Å². The van der Waals surface area contributed by atoms with Crippen LogP contribution in [-0.2, 0) is 4.79 Å². The summed E-state index contributed by atoms with van der Waals surface area (Å²) in [4.78, 5) is 32.9. The average molecular weight is 599 g/mol. The van der Waals surface area contributed by atoms with Gasteiger partial charge in [-0.15, -0.1) is 6.42 Å². The van der Waals surface area contributed by atoms with Gasteiger partial charge in [0, 0.05) is 55.6 Å². The van der Waals surface area contributed by atoms with Crippen LogP contribution in [-0.4, -0.2) is 64.0 Å². The fourth-order valence-corrected chi connectivity index (χ4v) is 5.20. The summed E-state index contributed by atoms with van der Waals surface area (Å²) in [6.45, 7) is 0.829. The number of carbonyl (C=O) groups is 1. The lowest BCUT2D eigenvalue weighted by atomic mass is 9.96. The maximum Gasteiger partial charge on any atom is 0.318 e. The number of fused-ring (bicyclic) bond motifs is 2. The maximum atomic E-state index is 16.2. The first kappa shape index (κ1) is 28.5. The van der Waals surface area contributed by atoms with E-state index in [9.17, 15) is 18.0 Å². The number of carbonyl (C=O) groups excluding carboxylic acids is 1. The minimum Gasteiger partial charge on any atom is -0.467 e. The van der Waals surface area contributed by atoms with Gasteiger partial charge in [-0.3, -0.25) is 14.8 Å². The van der Waals surface area contributed by atoms with Gasteiger partial charge in [0.15, 0.2) is 23.3 Å². The highest BCUT2D eigenvalue weighted by Crippen LogP contribution is 2.37. The van der Waals surface area contributed by atoms with Crippen LogP contribution in [0.4, 0.5) is 23.4 Å². The van der Waals surface area contributed by atoms with Gasteiger partial charge in [-0.2, -0.15) is 9.97 Å². The Morgan fingerprint density at radius 3 is 2.52 bits per heavy atom. The zero-order valence-corrected chi connectivity index (χ0v) is 23.2. The number of methoxy groups -OCH3 is 1. The van der Waals surface area contributed by atoms with Gasteiger partial charge < -0.3 is 14.5 Å². The number of nitrogens with zero attached hydrogens (tertiary/aromatic N) is 6. The molecule has 0 atom stereocenters. The van der Waals surface area contributed by atoms with Crippen LogP contribution < -0.4 is 9.64 Å². The van der Waals surface area contributed by atoms with Crippen molar-refractivity contribution >= 4 is 39.5 Å². The molecule has 0 aliphatic carbocycles. The van der Waals surface area contributed by atoms with E-state index in [2.05, 4.69) is 25.9 Å². The second-order valence-electron chi connectivity index (χ2n) is 9.84. The van der Waals surface area contributed by atoms with Crippen LogP contribution in [0.3, 0.4) is 0 Å². The van der Waals surface area contributed by atoms with E-state index in [1.807, 2.05) is 0 Å². The fourth-order valence-electron chi connectivity index (χ4n) is 5.20. The summed E-state index contributed by atoms with van der Waals surface area (Å²) in [6, 6.07) is 10.4. The highest BCUT2D eigenvalue weighted by atomic mass is 19.2. The molecule has 0 bridgehead atoms. The van der Waals surface area contributed by atoms with Gasteiger partial charge in [-0.25, -0.2) is 17.6 Å². The number of hydrogen-bond donors (Lipinski definition) is 0. The number of hydrogen-bond acceptors (Lipinski definition) is 7. The van der Waals surface area contributed by atoms with Crippen LogP contribution in [0.2, 0.25) is 0 Å². The molecule has 1 saturated heterocycles. The minimum absolute atomic E-state index is 0.123. The van der Waals surface area contributed by atoms with Gasteiger partial charge in [0.2, 0.25) is 0 Å². The topological polar surface area (TPSA) is 84.3 Å². The van der Waals surface area contributed by atoms with Crippen molar-refractivity contribution in [2.45, 2.75) is 0 Å². The Hall–Kier alpha value is -5.57. The second-order valence-corrected chi connectivity index (χ2v) is 9.84. The monoisotopic (exact) mass is 598 g/mol. The largest absolute Gasteiger partial charge is 0.467 e. The van der Waals surface area contributed by atoms with E-state index in [1.54, 1.807) is 29.2 Å². The lowest BCUT2D eigenvalue weighted by molar-refractivity contribution is -0.128. The molecule has 4 heterocycles. The third kappa shape index (κ3) is 5.02. The molecule has 0 unspecified atom stereocenters. The lowest BCUT2D eigenvalue weighted by Crippen LogP contribution is -2.49. The number of pyridine rings is 2. The molecule has 0 N–H and O–H groups in total. The van der Waals surface area contributed by atoms with Crippen LogP contribution in [0, 0.1) is 29.8 Å². The molecule has 12 heteroatoms. The third-order valence-electron chi connectivity index (χ3n) is 7.32. The summed E-state index contributed by atoms with van der Waals surface area (Å²) < 4.78 is 65.0. The molecule has 3 aromatic heterocycles. The van der Waals surface area contributed by atoms with Crippen LogP contribution >= 0.6 is 0 Å². The minimum atomic E-state index is -1.22. The molecule has 220 valence electrons. The summed E-state index contributed by atoms with van der Waals surface area (Å²) >= 11 is 0. The Labute approximate surface area is 248 Å². The molecule has 1 aliphatic rings. The van der Waals surface area contributed by atoms with Crippen LogP contribution in [0.5, 0.6) is 6.01 Å². The molecule has 44 heavy (non-hydrogen) atoms. The Morgan fingerprint density at radius 2 is 1.82 bits per heavy atom. The van der Waals surface area contributed by atoms with E-state index in [0.29, 0.717) is 11.5 Å². The number of halogens is 4. The Kier molecular flexibility index (Phi) is 7.53. The van der Waals surface area contributed by atoms with Gasteiger partial charge in [-0.1, -0.05) is 30.2 Å². The number of amides is 1. The molecule has 1 fully saturated rings. The van der Waals surface area contributed by atoms with E-state index in [1.165, 1.54) is 36.5 Å². The molecule has 0 spiro atoms.